The second-order valence-electron chi connectivity index (χ2n) is 13.7. The quantitative estimate of drug-likeness (QED) is 0.0793. The lowest BCUT2D eigenvalue weighted by atomic mass is 10.1. The third kappa shape index (κ3) is 8.23. The third-order valence-corrected chi connectivity index (χ3v) is 21.1. The molecule has 0 saturated heterocycles. The summed E-state index contributed by atoms with van der Waals surface area (Å²) in [5.41, 5.74) is 0. The van der Waals surface area contributed by atoms with Crippen LogP contribution in [0.15, 0.2) is 36.4 Å². The van der Waals surface area contributed by atoms with Gasteiger partial charge in [0.2, 0.25) is 0 Å². The van der Waals surface area contributed by atoms with Gasteiger partial charge in [0.1, 0.15) is 0 Å². The Hall–Kier alpha value is -0.883. The summed E-state index contributed by atoms with van der Waals surface area (Å²) < 4.78 is 14.9. The molecule has 0 aromatic carbocycles. The molecule has 0 fully saturated rings. The molecule has 0 spiro atoms. The van der Waals surface area contributed by atoms with Gasteiger partial charge in [0.15, 0.2) is 8.32 Å². The van der Waals surface area contributed by atoms with E-state index in [4.69, 9.17) is 9.53 Å². The summed E-state index contributed by atoms with van der Waals surface area (Å²) in [7, 11) is -1.60. The van der Waals surface area contributed by atoms with E-state index in [2.05, 4.69) is 70.3 Å². The van der Waals surface area contributed by atoms with Crippen molar-refractivity contribution in [2.75, 3.05) is 13.2 Å². The van der Waals surface area contributed by atoms with Crippen LogP contribution in [0.5, 0.6) is 0 Å². The highest BCUT2D eigenvalue weighted by molar-refractivity contribution is 7.36. The van der Waals surface area contributed by atoms with Crippen molar-refractivity contribution in [3.63, 3.8) is 0 Å². The van der Waals surface area contributed by atoms with Crippen LogP contribution < -0.4 is 0 Å². The Bertz CT molecular complexity index is 1740. The van der Waals surface area contributed by atoms with E-state index in [-0.39, 0.29) is 0 Å². The fourth-order valence-corrected chi connectivity index (χ4v) is 14.0. The van der Waals surface area contributed by atoms with Crippen molar-refractivity contribution in [3.05, 3.63) is 46.2 Å². The number of rotatable bonds is 16. The van der Waals surface area contributed by atoms with Crippen LogP contribution in [-0.4, -0.2) is 26.6 Å². The number of aliphatic hydroxyl groups excluding tert-OH is 1. The number of hydrogen-bond acceptors (Lipinski definition) is 8. The average molecular weight is 731 g/mol. The summed E-state index contributed by atoms with van der Waals surface area (Å²) in [5, 5.41) is 9.27. The molecule has 45 heavy (non-hydrogen) atoms. The Kier molecular flexibility index (Phi) is 11.1. The zero-order valence-corrected chi connectivity index (χ0v) is 33.2. The SMILES string of the molecule is CC(C)(C)[Si](C)(C)OCCCCCCc1cc2sc(-c3cc4sc(-c5cc6sc(CCCCCCO)cc6s5)cc4s3)cc2s1. The van der Waals surface area contributed by atoms with Crippen LogP contribution in [0, 0.1) is 0 Å². The molecule has 6 aromatic heterocycles. The minimum atomic E-state index is -1.60. The first kappa shape index (κ1) is 34.0. The van der Waals surface area contributed by atoms with Crippen molar-refractivity contribution in [3.8, 4) is 19.5 Å². The zero-order chi connectivity index (χ0) is 31.6. The first-order valence-electron chi connectivity index (χ1n) is 16.4. The van der Waals surface area contributed by atoms with Gasteiger partial charge in [0.25, 0.3) is 0 Å². The third-order valence-electron chi connectivity index (χ3n) is 9.13. The zero-order valence-electron chi connectivity index (χ0n) is 27.3. The molecule has 242 valence electrons. The van der Waals surface area contributed by atoms with Gasteiger partial charge in [0.05, 0.1) is 0 Å². The normalized spacial score (nSPS) is 12.9. The second kappa shape index (κ2) is 14.7. The van der Waals surface area contributed by atoms with Crippen molar-refractivity contribution in [1.29, 1.82) is 0 Å². The van der Waals surface area contributed by atoms with Crippen molar-refractivity contribution in [2.24, 2.45) is 0 Å². The van der Waals surface area contributed by atoms with E-state index in [1.54, 1.807) is 0 Å². The van der Waals surface area contributed by atoms with E-state index in [9.17, 15) is 0 Å². The number of fused-ring (bicyclic) bond motifs is 3. The highest BCUT2D eigenvalue weighted by Gasteiger charge is 2.36. The lowest BCUT2D eigenvalue weighted by Gasteiger charge is -2.36. The number of hydrogen-bond donors (Lipinski definition) is 1. The molecule has 0 aliphatic heterocycles. The standard InChI is InChI=1S/C36H46O2S6Si/c1-36(2,3)45(4,5)38-17-13-9-7-11-15-25-19-27-29(40-25)21-31(42-27)33-23-35-34(44-33)22-32(43-35)30-20-28-26(41-30)18-24(39-28)14-10-6-8-12-16-37/h18-23,37H,6-17H2,1-5H3. The molecule has 0 amide bonds. The van der Waals surface area contributed by atoms with Crippen molar-refractivity contribution in [2.45, 2.75) is 103 Å². The Labute approximate surface area is 293 Å². The molecule has 9 heteroatoms. The van der Waals surface area contributed by atoms with Crippen molar-refractivity contribution < 1.29 is 9.53 Å². The minimum Gasteiger partial charge on any atom is -0.417 e. The molecule has 0 radical (unpaired) electrons. The molecule has 2 nitrogen and oxygen atoms in total. The Morgan fingerprint density at radius 1 is 0.533 bits per heavy atom. The molecular weight excluding hydrogens is 685 g/mol. The van der Waals surface area contributed by atoms with Crippen LogP contribution >= 0.6 is 68.0 Å². The molecule has 0 bridgehead atoms. The Balaban J connectivity index is 0.996. The van der Waals surface area contributed by atoms with Crippen LogP contribution in [0.3, 0.4) is 0 Å². The second-order valence-corrected chi connectivity index (χ2v) is 25.2. The van der Waals surface area contributed by atoms with Gasteiger partial charge in [-0.25, -0.2) is 0 Å². The van der Waals surface area contributed by atoms with Crippen LogP contribution in [0.1, 0.15) is 81.9 Å². The summed E-state index contributed by atoms with van der Waals surface area (Å²) in [6.45, 7) is 12.9. The number of aryl methyl sites for hydroxylation is 2. The van der Waals surface area contributed by atoms with E-state index in [0.717, 1.165) is 19.4 Å². The number of thiophene rings is 6. The molecule has 1 N–H and O–H groups in total. The van der Waals surface area contributed by atoms with Gasteiger partial charge < -0.3 is 9.53 Å². The molecular formula is C36H46O2S6Si. The molecule has 0 aliphatic carbocycles. The summed E-state index contributed by atoms with van der Waals surface area (Å²) in [6.07, 6.45) is 11.9. The smallest absolute Gasteiger partial charge is 0.191 e. The maximum absolute atomic E-state index is 8.97. The predicted molar refractivity (Wildman–Crippen MR) is 212 cm³/mol. The van der Waals surface area contributed by atoms with Crippen molar-refractivity contribution >= 4 is 105 Å². The van der Waals surface area contributed by atoms with Gasteiger partial charge in [-0.1, -0.05) is 46.5 Å². The highest BCUT2D eigenvalue weighted by Crippen LogP contribution is 2.48. The first-order chi connectivity index (χ1) is 21.6. The highest BCUT2D eigenvalue weighted by atomic mass is 32.1. The Morgan fingerprint density at radius 3 is 1.31 bits per heavy atom. The summed E-state index contributed by atoms with van der Waals surface area (Å²) in [4.78, 5) is 8.68. The minimum absolute atomic E-state index is 0.303. The molecule has 0 saturated carbocycles. The van der Waals surface area contributed by atoms with Crippen LogP contribution in [-0.2, 0) is 17.3 Å². The van der Waals surface area contributed by atoms with Crippen molar-refractivity contribution in [1.82, 2.24) is 0 Å². The first-order valence-corrected chi connectivity index (χ1v) is 24.2. The van der Waals surface area contributed by atoms with Gasteiger partial charge in [-0.2, -0.15) is 0 Å². The number of unbranched alkanes of at least 4 members (excludes halogenated alkanes) is 6. The Morgan fingerprint density at radius 2 is 0.911 bits per heavy atom. The lowest BCUT2D eigenvalue weighted by Crippen LogP contribution is -2.40. The maximum atomic E-state index is 8.97. The summed E-state index contributed by atoms with van der Waals surface area (Å²) >= 11 is 11.8. The fraction of sp³-hybridized carbons (Fsp3) is 0.500. The predicted octanol–water partition coefficient (Wildman–Crippen LogP) is 14.1. The molecule has 0 unspecified atom stereocenters. The van der Waals surface area contributed by atoms with E-state index in [0.29, 0.717) is 11.6 Å². The molecule has 6 rings (SSSR count). The number of aliphatic hydroxyl groups is 1. The fourth-order valence-electron chi connectivity index (χ4n) is 5.40. The van der Waals surface area contributed by atoms with Gasteiger partial charge in [-0.05, 0) is 93.1 Å². The molecule has 6 heterocycles. The lowest BCUT2D eigenvalue weighted by molar-refractivity contribution is 0.277. The van der Waals surface area contributed by atoms with Gasteiger partial charge in [-0.3, -0.25) is 0 Å². The molecule has 0 atom stereocenters. The van der Waals surface area contributed by atoms with Crippen LogP contribution in [0.4, 0.5) is 0 Å². The van der Waals surface area contributed by atoms with E-state index >= 15 is 0 Å². The topological polar surface area (TPSA) is 29.5 Å². The molecule has 6 aromatic rings. The monoisotopic (exact) mass is 730 g/mol. The van der Waals surface area contributed by atoms with Gasteiger partial charge in [0, 0.05) is 70.7 Å². The maximum Gasteiger partial charge on any atom is 0.191 e. The van der Waals surface area contributed by atoms with Crippen LogP contribution in [0.2, 0.25) is 18.1 Å². The van der Waals surface area contributed by atoms with Gasteiger partial charge in [-0.15, -0.1) is 68.0 Å². The average Bonchev–Trinajstić information content (AvgIpc) is 3.79. The van der Waals surface area contributed by atoms with E-state index in [1.165, 1.54) is 109 Å². The summed E-state index contributed by atoms with van der Waals surface area (Å²) in [5.74, 6) is 0. The van der Waals surface area contributed by atoms with E-state index < -0.39 is 8.32 Å². The van der Waals surface area contributed by atoms with Crippen LogP contribution in [0.25, 0.3) is 47.7 Å². The molecule has 0 aliphatic rings. The summed E-state index contributed by atoms with van der Waals surface area (Å²) in [6, 6.07) is 14.5. The largest absolute Gasteiger partial charge is 0.417 e. The van der Waals surface area contributed by atoms with E-state index in [1.807, 2.05) is 68.0 Å². The van der Waals surface area contributed by atoms with Gasteiger partial charge >= 0.3 is 0 Å².